The van der Waals surface area contributed by atoms with Crippen LogP contribution in [0, 0.1) is 0 Å². The van der Waals surface area contributed by atoms with Crippen LogP contribution in [0.2, 0.25) is 0 Å². The fourth-order valence-electron chi connectivity index (χ4n) is 0.0278. The van der Waals surface area contributed by atoms with E-state index in [1.807, 2.05) is 0 Å². The van der Waals surface area contributed by atoms with E-state index in [0.29, 0.717) is 0 Å². The van der Waals surface area contributed by atoms with Crippen molar-refractivity contribution in [1.82, 2.24) is 0 Å². The van der Waals surface area contributed by atoms with Crippen LogP contribution >= 0.6 is 24.4 Å². The second kappa shape index (κ2) is 3.96. The maximum atomic E-state index is 4.34. The molecule has 0 heterocycles. The first kappa shape index (κ1) is 4.96. The van der Waals surface area contributed by atoms with Gasteiger partial charge in [0.1, 0.15) is 0 Å². The van der Waals surface area contributed by atoms with Gasteiger partial charge < -0.3 is 0 Å². The van der Waals surface area contributed by atoms with Gasteiger partial charge >= 0.3 is 0 Å². The molecule has 0 N–H and O–H groups in total. The summed E-state index contributed by atoms with van der Waals surface area (Å²) in [6, 6.07) is 0. The summed E-state index contributed by atoms with van der Waals surface area (Å²) in [5, 5.41) is 3.74. The van der Waals surface area contributed by atoms with Gasteiger partial charge in [-0.25, -0.2) is 0 Å². The van der Waals surface area contributed by atoms with Crippen LogP contribution in [0.5, 0.6) is 0 Å². The molecule has 0 radical (unpaired) electrons. The fraction of sp³-hybridized carbons (Fsp3) is 0. The van der Waals surface area contributed by atoms with Crippen molar-refractivity contribution in [2.75, 3.05) is 0 Å². The standard InChI is InChI=1S/C3H2S2/c4-2-1-3-5/h1-2H. The van der Waals surface area contributed by atoms with Gasteiger partial charge in [-0.1, -0.05) is 12.2 Å². The minimum absolute atomic E-state index is 1.42. The molecule has 0 aliphatic carbocycles. The number of hydrogen-bond acceptors (Lipinski definition) is 2. The predicted molar refractivity (Wildman–Crippen MR) is 30.8 cm³/mol. The van der Waals surface area contributed by atoms with E-state index < -0.39 is 0 Å². The SMILES string of the molecule is S=C=CC=S. The lowest BCUT2D eigenvalue weighted by Gasteiger charge is -1.43. The van der Waals surface area contributed by atoms with E-state index >= 15 is 0 Å². The van der Waals surface area contributed by atoms with E-state index in [0.717, 1.165) is 0 Å². The lowest BCUT2D eigenvalue weighted by atomic mass is 10.8. The Bertz CT molecular complexity index is 69.0. The minimum atomic E-state index is 1.42. The average Bonchev–Trinajstić information content (AvgIpc) is 1.41. The number of thiocarbonyl (C=S) groups is 2. The molecule has 0 aliphatic rings. The first-order valence-electron chi connectivity index (χ1n) is 1.06. The van der Waals surface area contributed by atoms with E-state index in [4.69, 9.17) is 0 Å². The molecular formula is C3H2S2. The Labute approximate surface area is 41.5 Å². The minimum Gasteiger partial charge on any atom is -0.0880 e. The van der Waals surface area contributed by atoms with E-state index in [2.05, 4.69) is 29.5 Å². The zero-order chi connectivity index (χ0) is 4.12. The lowest BCUT2D eigenvalue weighted by Crippen LogP contribution is -1.45. The Balaban J connectivity index is 3.31. The van der Waals surface area contributed by atoms with E-state index in [1.165, 1.54) is 11.4 Å². The van der Waals surface area contributed by atoms with Crippen LogP contribution in [0.4, 0.5) is 0 Å². The molecule has 0 unspecified atom stereocenters. The predicted octanol–water partition coefficient (Wildman–Crippen LogP) is 1.14. The summed E-state index contributed by atoms with van der Waals surface area (Å²) >= 11 is 8.59. The van der Waals surface area contributed by atoms with Crippen molar-refractivity contribution >= 4 is 34.8 Å². The molecular weight excluding hydrogens is 100 g/mol. The van der Waals surface area contributed by atoms with Crippen LogP contribution in [0.15, 0.2) is 6.08 Å². The smallest absolute Gasteiger partial charge is 0.00994 e. The van der Waals surface area contributed by atoms with Crippen LogP contribution in [0.1, 0.15) is 0 Å². The molecule has 0 nitrogen and oxygen atoms in total. The third-order valence-electron chi connectivity index (χ3n) is 0.136. The van der Waals surface area contributed by atoms with Crippen molar-refractivity contribution in [3.05, 3.63) is 6.08 Å². The van der Waals surface area contributed by atoms with Crippen molar-refractivity contribution in [3.8, 4) is 0 Å². The second-order valence-electron chi connectivity index (χ2n) is 0.421. The molecule has 0 amide bonds. The third kappa shape index (κ3) is 3.96. The van der Waals surface area contributed by atoms with Gasteiger partial charge in [-0.05, 0) is 17.2 Å². The van der Waals surface area contributed by atoms with Gasteiger partial charge in [0.25, 0.3) is 0 Å². The quantitative estimate of drug-likeness (QED) is 0.359. The highest BCUT2D eigenvalue weighted by molar-refractivity contribution is 7.80. The molecule has 0 atom stereocenters. The molecule has 0 aliphatic heterocycles. The number of hydrogen-bond donors (Lipinski definition) is 0. The topological polar surface area (TPSA) is 0 Å². The molecule has 0 bridgehead atoms. The van der Waals surface area contributed by atoms with Crippen molar-refractivity contribution in [1.29, 1.82) is 0 Å². The van der Waals surface area contributed by atoms with Crippen molar-refractivity contribution in [3.63, 3.8) is 0 Å². The first-order chi connectivity index (χ1) is 2.41. The van der Waals surface area contributed by atoms with Crippen molar-refractivity contribution in [2.24, 2.45) is 0 Å². The van der Waals surface area contributed by atoms with Gasteiger partial charge in [0, 0.05) is 11.4 Å². The van der Waals surface area contributed by atoms with Gasteiger partial charge in [0.2, 0.25) is 0 Å². The molecule has 5 heavy (non-hydrogen) atoms. The third-order valence-corrected chi connectivity index (χ3v) is 0.408. The van der Waals surface area contributed by atoms with Crippen LogP contribution in [-0.2, 0) is 0 Å². The lowest BCUT2D eigenvalue weighted by molar-refractivity contribution is 2.80. The first-order valence-corrected chi connectivity index (χ1v) is 1.94. The molecule has 0 aromatic rings. The van der Waals surface area contributed by atoms with Crippen LogP contribution in [0.25, 0.3) is 0 Å². The molecule has 0 aromatic heterocycles. The number of allylic oxidation sites excluding steroid dienone is 1. The highest BCUT2D eigenvalue weighted by Gasteiger charge is 1.40. The summed E-state index contributed by atoms with van der Waals surface area (Å²) in [5.41, 5.74) is 0. The Kier molecular flexibility index (Phi) is 3.93. The molecule has 0 fully saturated rings. The van der Waals surface area contributed by atoms with Gasteiger partial charge in [0.15, 0.2) is 0 Å². The van der Waals surface area contributed by atoms with E-state index in [-0.39, 0.29) is 0 Å². The summed E-state index contributed by atoms with van der Waals surface area (Å²) in [6.07, 6.45) is 1.50. The maximum absolute atomic E-state index is 4.34. The highest BCUT2D eigenvalue weighted by Crippen LogP contribution is 1.47. The van der Waals surface area contributed by atoms with Crippen LogP contribution in [0.3, 0.4) is 0 Å². The molecule has 2 heteroatoms. The van der Waals surface area contributed by atoms with Crippen molar-refractivity contribution in [2.45, 2.75) is 0 Å². The van der Waals surface area contributed by atoms with Crippen LogP contribution < -0.4 is 0 Å². The second-order valence-corrected chi connectivity index (χ2v) is 0.928. The van der Waals surface area contributed by atoms with E-state index in [1.54, 1.807) is 0 Å². The number of rotatable bonds is 1. The van der Waals surface area contributed by atoms with Gasteiger partial charge in [-0.3, -0.25) is 0 Å². The molecule has 0 spiro atoms. The zero-order valence-corrected chi connectivity index (χ0v) is 4.10. The molecule has 0 saturated carbocycles. The van der Waals surface area contributed by atoms with Gasteiger partial charge in [-0.2, -0.15) is 0 Å². The highest BCUT2D eigenvalue weighted by atomic mass is 32.1. The van der Waals surface area contributed by atoms with Gasteiger partial charge in [0.05, 0.1) is 0 Å². The largest absolute Gasteiger partial charge is 0.0880 e. The summed E-state index contributed by atoms with van der Waals surface area (Å²) in [6.45, 7) is 0. The maximum Gasteiger partial charge on any atom is 0.00994 e. The van der Waals surface area contributed by atoms with E-state index in [9.17, 15) is 0 Å². The molecule has 0 saturated heterocycles. The Morgan fingerprint density at radius 3 is 2.20 bits per heavy atom. The summed E-state index contributed by atoms with van der Waals surface area (Å²) < 4.78 is 0. The normalized spacial score (nSPS) is 4.80. The Morgan fingerprint density at radius 2 is 2.20 bits per heavy atom. The molecule has 26 valence electrons. The van der Waals surface area contributed by atoms with Crippen molar-refractivity contribution < 1.29 is 0 Å². The molecule has 0 rings (SSSR count). The zero-order valence-electron chi connectivity index (χ0n) is 2.47. The fourth-order valence-corrected chi connectivity index (χ4v) is 0.250. The Morgan fingerprint density at radius 1 is 1.60 bits per heavy atom. The average molecular weight is 102 g/mol. The summed E-state index contributed by atoms with van der Waals surface area (Å²) in [4.78, 5) is 0. The van der Waals surface area contributed by atoms with Crippen LogP contribution in [-0.4, -0.2) is 10.4 Å². The van der Waals surface area contributed by atoms with Gasteiger partial charge in [-0.15, -0.1) is 0 Å². The summed E-state index contributed by atoms with van der Waals surface area (Å²) in [7, 11) is 0. The monoisotopic (exact) mass is 102 g/mol. The Hall–Kier alpha value is -0.0400. The summed E-state index contributed by atoms with van der Waals surface area (Å²) in [5.74, 6) is 0. The molecule has 0 aromatic carbocycles.